The van der Waals surface area contributed by atoms with Crippen molar-refractivity contribution in [2.75, 3.05) is 10.6 Å². The summed E-state index contributed by atoms with van der Waals surface area (Å²) in [6.07, 6.45) is 5.29. The summed E-state index contributed by atoms with van der Waals surface area (Å²) in [7, 11) is -3.81. The Labute approximate surface area is 215 Å². The lowest BCUT2D eigenvalue weighted by Crippen LogP contribution is -2.24. The zero-order chi connectivity index (χ0) is 25.5. The Balaban J connectivity index is 1.46. The lowest BCUT2D eigenvalue weighted by molar-refractivity contribution is -0.120. The molecule has 4 N–H and O–H groups in total. The van der Waals surface area contributed by atoms with E-state index in [1.807, 2.05) is 54.6 Å². The molecule has 0 radical (unpaired) electrons. The monoisotopic (exact) mass is 523 g/mol. The quantitative estimate of drug-likeness (QED) is 0.345. The van der Waals surface area contributed by atoms with Crippen molar-refractivity contribution in [1.29, 1.82) is 0 Å². The summed E-state index contributed by atoms with van der Waals surface area (Å²) >= 11 is 1.39. The highest BCUT2D eigenvalue weighted by Crippen LogP contribution is 2.37. The molecule has 3 aromatic rings. The van der Waals surface area contributed by atoms with Crippen LogP contribution in [-0.2, 0) is 19.6 Å². The highest BCUT2D eigenvalue weighted by atomic mass is 32.2. The summed E-state index contributed by atoms with van der Waals surface area (Å²) in [4.78, 5) is 26.7. The topological polar surface area (TPSA) is 118 Å². The summed E-state index contributed by atoms with van der Waals surface area (Å²) in [6, 6.07) is 22.6. The molecule has 1 aliphatic carbocycles. The predicted octanol–water partition coefficient (Wildman–Crippen LogP) is 5.32. The molecular weight excluding hydrogens is 494 g/mol. The third-order valence-corrected chi connectivity index (χ3v) is 8.34. The highest BCUT2D eigenvalue weighted by Gasteiger charge is 2.23. The van der Waals surface area contributed by atoms with E-state index in [1.54, 1.807) is 0 Å². The predicted molar refractivity (Wildman–Crippen MR) is 143 cm³/mol. The maximum Gasteiger partial charge on any atom is 0.242 e. The summed E-state index contributed by atoms with van der Waals surface area (Å²) in [5.74, 6) is -0.0904. The highest BCUT2D eigenvalue weighted by molar-refractivity contribution is 8.00. The molecule has 0 heterocycles. The molecule has 4 rings (SSSR count). The molecule has 1 fully saturated rings. The zero-order valence-electron chi connectivity index (χ0n) is 19.7. The summed E-state index contributed by atoms with van der Waals surface area (Å²) in [6.45, 7) is 0. The Morgan fingerprint density at radius 2 is 1.39 bits per heavy atom. The fourth-order valence-corrected chi connectivity index (χ4v) is 5.74. The van der Waals surface area contributed by atoms with E-state index >= 15 is 0 Å². The molecule has 0 spiro atoms. The standard InChI is InChI=1S/C27H29N3O4S2/c28-36(33,34)24-17-13-22(14-18-24)30-27(32)25(19-7-3-1-4-8-19)35-23-15-11-21(12-16-23)29-26(31)20-9-5-2-6-10-20/h1,3-4,7-8,11-18,20,25H,2,5-6,9-10H2,(H,29,31)(H,30,32)(H2,28,33,34). The molecule has 3 aromatic carbocycles. The van der Waals surface area contributed by atoms with Gasteiger partial charge in [-0.15, -0.1) is 11.8 Å². The maximum absolute atomic E-state index is 13.3. The van der Waals surface area contributed by atoms with Crippen LogP contribution in [0.2, 0.25) is 0 Å². The van der Waals surface area contributed by atoms with E-state index in [2.05, 4.69) is 10.6 Å². The Bertz CT molecular complexity index is 1290. The Morgan fingerprint density at radius 1 is 0.806 bits per heavy atom. The largest absolute Gasteiger partial charge is 0.326 e. The Morgan fingerprint density at radius 3 is 2.00 bits per heavy atom. The van der Waals surface area contributed by atoms with Gasteiger partial charge in [-0.1, -0.05) is 49.6 Å². The van der Waals surface area contributed by atoms with Crippen LogP contribution in [0.25, 0.3) is 0 Å². The number of anilines is 2. The number of carbonyl (C=O) groups excluding carboxylic acids is 2. The van der Waals surface area contributed by atoms with Crippen molar-refractivity contribution >= 4 is 45.0 Å². The van der Waals surface area contributed by atoms with Crippen LogP contribution in [0.5, 0.6) is 0 Å². The number of amides is 2. The molecule has 0 aromatic heterocycles. The number of sulfonamides is 1. The number of nitrogens with one attached hydrogen (secondary N) is 2. The molecule has 9 heteroatoms. The maximum atomic E-state index is 13.3. The SMILES string of the molecule is NS(=O)(=O)c1ccc(NC(=O)C(Sc2ccc(NC(=O)C3CCCCC3)cc2)c2ccccc2)cc1. The van der Waals surface area contributed by atoms with Crippen molar-refractivity contribution in [3.05, 3.63) is 84.4 Å². The van der Waals surface area contributed by atoms with Gasteiger partial charge in [0.25, 0.3) is 0 Å². The van der Waals surface area contributed by atoms with Gasteiger partial charge >= 0.3 is 0 Å². The second kappa shape index (κ2) is 11.7. The van der Waals surface area contributed by atoms with E-state index < -0.39 is 15.3 Å². The molecule has 188 valence electrons. The zero-order valence-corrected chi connectivity index (χ0v) is 21.4. The minimum atomic E-state index is -3.81. The first kappa shape index (κ1) is 25.9. The van der Waals surface area contributed by atoms with Gasteiger partial charge in [0.1, 0.15) is 5.25 Å². The van der Waals surface area contributed by atoms with Gasteiger partial charge in [0.2, 0.25) is 21.8 Å². The van der Waals surface area contributed by atoms with Crippen LogP contribution >= 0.6 is 11.8 Å². The molecule has 0 saturated heterocycles. The van der Waals surface area contributed by atoms with Gasteiger partial charge in [-0.25, -0.2) is 13.6 Å². The van der Waals surface area contributed by atoms with Gasteiger partial charge in [-0.3, -0.25) is 9.59 Å². The number of hydrogen-bond donors (Lipinski definition) is 3. The number of rotatable bonds is 8. The van der Waals surface area contributed by atoms with Crippen LogP contribution in [0, 0.1) is 5.92 Å². The Hall–Kier alpha value is -3.14. The molecule has 1 saturated carbocycles. The molecule has 1 unspecified atom stereocenters. The number of nitrogens with two attached hydrogens (primary N) is 1. The normalized spacial score (nSPS) is 15.1. The van der Waals surface area contributed by atoms with Gasteiger partial charge in [0.05, 0.1) is 4.90 Å². The lowest BCUT2D eigenvalue weighted by Gasteiger charge is -2.21. The number of benzene rings is 3. The first-order valence-electron chi connectivity index (χ1n) is 11.9. The summed E-state index contributed by atoms with van der Waals surface area (Å²) < 4.78 is 23.0. The average Bonchev–Trinajstić information content (AvgIpc) is 2.89. The van der Waals surface area contributed by atoms with Gasteiger partial charge in [0, 0.05) is 22.2 Å². The molecule has 2 amide bonds. The van der Waals surface area contributed by atoms with Crippen molar-refractivity contribution in [3.63, 3.8) is 0 Å². The van der Waals surface area contributed by atoms with E-state index in [0.717, 1.165) is 41.8 Å². The molecule has 0 aliphatic heterocycles. The molecule has 0 bridgehead atoms. The summed E-state index contributed by atoms with van der Waals surface area (Å²) in [5.41, 5.74) is 2.04. The number of hydrogen-bond acceptors (Lipinski definition) is 5. The molecule has 36 heavy (non-hydrogen) atoms. The van der Waals surface area contributed by atoms with Crippen molar-refractivity contribution in [2.24, 2.45) is 11.1 Å². The van der Waals surface area contributed by atoms with Gasteiger partial charge < -0.3 is 10.6 Å². The minimum absolute atomic E-state index is 0.0230. The van der Waals surface area contributed by atoms with E-state index in [9.17, 15) is 18.0 Å². The minimum Gasteiger partial charge on any atom is -0.326 e. The van der Waals surface area contributed by atoms with Gasteiger partial charge in [-0.05, 0) is 66.9 Å². The summed E-state index contributed by atoms with van der Waals surface area (Å²) in [5, 5.41) is 10.5. The van der Waals surface area contributed by atoms with Crippen LogP contribution in [-0.4, -0.2) is 20.2 Å². The van der Waals surface area contributed by atoms with Crippen LogP contribution in [0.3, 0.4) is 0 Å². The first-order valence-corrected chi connectivity index (χ1v) is 14.3. The van der Waals surface area contributed by atoms with Crippen LogP contribution in [0.4, 0.5) is 11.4 Å². The average molecular weight is 524 g/mol. The van der Waals surface area contributed by atoms with E-state index in [0.29, 0.717) is 5.69 Å². The van der Waals surface area contributed by atoms with Crippen molar-refractivity contribution in [3.8, 4) is 0 Å². The van der Waals surface area contributed by atoms with Crippen molar-refractivity contribution < 1.29 is 18.0 Å². The van der Waals surface area contributed by atoms with E-state index in [4.69, 9.17) is 5.14 Å². The van der Waals surface area contributed by atoms with Crippen LogP contribution in [0.1, 0.15) is 42.9 Å². The van der Waals surface area contributed by atoms with E-state index in [-0.39, 0.29) is 22.6 Å². The number of carbonyl (C=O) groups is 2. The van der Waals surface area contributed by atoms with Crippen LogP contribution < -0.4 is 15.8 Å². The Kier molecular flexibility index (Phi) is 8.45. The smallest absolute Gasteiger partial charge is 0.242 e. The first-order chi connectivity index (χ1) is 17.3. The molecule has 7 nitrogen and oxygen atoms in total. The lowest BCUT2D eigenvalue weighted by atomic mass is 9.88. The number of thioether (sulfide) groups is 1. The fraction of sp³-hybridized carbons (Fsp3) is 0.259. The van der Waals surface area contributed by atoms with Gasteiger partial charge in [0.15, 0.2) is 0 Å². The second-order valence-electron chi connectivity index (χ2n) is 8.82. The number of primary sulfonamides is 1. The van der Waals surface area contributed by atoms with Gasteiger partial charge in [-0.2, -0.15) is 0 Å². The van der Waals surface area contributed by atoms with Crippen molar-refractivity contribution in [1.82, 2.24) is 0 Å². The van der Waals surface area contributed by atoms with Crippen molar-refractivity contribution in [2.45, 2.75) is 47.1 Å². The molecular formula is C27H29N3O4S2. The molecule has 1 aliphatic rings. The van der Waals surface area contributed by atoms with E-state index in [1.165, 1.54) is 42.4 Å². The third kappa shape index (κ3) is 6.96. The van der Waals surface area contributed by atoms with Crippen LogP contribution in [0.15, 0.2) is 88.7 Å². The fourth-order valence-electron chi connectivity index (χ4n) is 4.20. The molecule has 1 atom stereocenters. The second-order valence-corrected chi connectivity index (χ2v) is 11.6. The third-order valence-electron chi connectivity index (χ3n) is 6.14.